The van der Waals surface area contributed by atoms with Gasteiger partial charge in [-0.15, -0.1) is 0 Å². The Morgan fingerprint density at radius 2 is 1.71 bits per heavy atom. The van der Waals surface area contributed by atoms with Crippen LogP contribution >= 0.6 is 11.8 Å². The van der Waals surface area contributed by atoms with E-state index in [0.717, 1.165) is 4.90 Å². The number of benzene rings is 3. The SMILES string of the molecule is Cc1oncc1S(=O)(=O)Nc1cc(Sc2ccccc2)c(O)c2ccccc12. The number of aromatic nitrogens is 1. The van der Waals surface area contributed by atoms with Crippen molar-refractivity contribution in [3.05, 3.63) is 72.6 Å². The van der Waals surface area contributed by atoms with Crippen LogP contribution in [-0.4, -0.2) is 18.7 Å². The van der Waals surface area contributed by atoms with E-state index in [1.54, 1.807) is 30.3 Å². The number of aromatic hydroxyl groups is 1. The van der Waals surface area contributed by atoms with Crippen molar-refractivity contribution >= 4 is 38.2 Å². The number of aryl methyl sites for hydroxylation is 1. The van der Waals surface area contributed by atoms with Crippen LogP contribution in [0.15, 0.2) is 86.1 Å². The summed E-state index contributed by atoms with van der Waals surface area (Å²) in [5, 5.41) is 15.4. The van der Waals surface area contributed by atoms with Crippen LogP contribution in [0.4, 0.5) is 5.69 Å². The topological polar surface area (TPSA) is 92.4 Å². The number of rotatable bonds is 5. The first-order valence-corrected chi connectivity index (χ1v) is 10.7. The highest BCUT2D eigenvalue weighted by Gasteiger charge is 2.22. The van der Waals surface area contributed by atoms with Crippen LogP contribution in [0, 0.1) is 6.92 Å². The van der Waals surface area contributed by atoms with E-state index in [9.17, 15) is 13.5 Å². The van der Waals surface area contributed by atoms with Gasteiger partial charge in [-0.2, -0.15) is 0 Å². The van der Waals surface area contributed by atoms with Gasteiger partial charge in [0.05, 0.1) is 16.8 Å². The maximum Gasteiger partial charge on any atom is 0.267 e. The molecular formula is C20H16N2O4S2. The van der Waals surface area contributed by atoms with Crippen LogP contribution in [0.25, 0.3) is 10.8 Å². The Morgan fingerprint density at radius 1 is 1.04 bits per heavy atom. The molecular weight excluding hydrogens is 396 g/mol. The molecule has 0 amide bonds. The molecule has 8 heteroatoms. The zero-order valence-corrected chi connectivity index (χ0v) is 16.4. The third-order valence-electron chi connectivity index (χ3n) is 4.19. The highest BCUT2D eigenvalue weighted by Crippen LogP contribution is 2.42. The zero-order valence-electron chi connectivity index (χ0n) is 14.8. The molecule has 4 rings (SSSR count). The lowest BCUT2D eigenvalue weighted by atomic mass is 10.1. The number of nitrogens with zero attached hydrogens (tertiary/aromatic N) is 1. The minimum absolute atomic E-state index is 0.0260. The Morgan fingerprint density at radius 3 is 2.39 bits per heavy atom. The fourth-order valence-corrected chi connectivity index (χ4v) is 4.96. The first kappa shape index (κ1) is 18.4. The lowest BCUT2D eigenvalue weighted by Crippen LogP contribution is -2.13. The van der Waals surface area contributed by atoms with Crippen molar-refractivity contribution < 1.29 is 18.0 Å². The third-order valence-corrected chi connectivity index (χ3v) is 6.69. The van der Waals surface area contributed by atoms with E-state index in [1.165, 1.54) is 24.9 Å². The Labute approximate surface area is 166 Å². The van der Waals surface area contributed by atoms with Gasteiger partial charge in [0.2, 0.25) is 0 Å². The highest BCUT2D eigenvalue weighted by molar-refractivity contribution is 7.99. The molecule has 0 spiro atoms. The van der Waals surface area contributed by atoms with Gasteiger partial charge in [0.25, 0.3) is 10.0 Å². The van der Waals surface area contributed by atoms with E-state index in [2.05, 4.69) is 9.88 Å². The monoisotopic (exact) mass is 412 g/mol. The molecule has 2 N–H and O–H groups in total. The number of phenols is 1. The molecule has 0 aliphatic rings. The summed E-state index contributed by atoms with van der Waals surface area (Å²) in [6.07, 6.45) is 1.17. The molecule has 28 heavy (non-hydrogen) atoms. The maximum absolute atomic E-state index is 12.8. The van der Waals surface area contributed by atoms with Crippen molar-refractivity contribution in [1.29, 1.82) is 0 Å². The van der Waals surface area contributed by atoms with Gasteiger partial charge in [-0.05, 0) is 25.1 Å². The van der Waals surface area contributed by atoms with Crippen LogP contribution in [0.3, 0.4) is 0 Å². The molecule has 4 aromatic rings. The van der Waals surface area contributed by atoms with Gasteiger partial charge in [0, 0.05) is 15.7 Å². The second-order valence-electron chi connectivity index (χ2n) is 6.08. The van der Waals surface area contributed by atoms with Gasteiger partial charge in [0.1, 0.15) is 10.6 Å². The highest BCUT2D eigenvalue weighted by atomic mass is 32.2. The Balaban J connectivity index is 1.83. The number of sulfonamides is 1. The number of hydrogen-bond donors (Lipinski definition) is 2. The first-order valence-electron chi connectivity index (χ1n) is 8.37. The smallest absolute Gasteiger partial charge is 0.267 e. The Bertz CT molecular complexity index is 1250. The summed E-state index contributed by atoms with van der Waals surface area (Å²) < 4.78 is 33.1. The second-order valence-corrected chi connectivity index (χ2v) is 8.85. The van der Waals surface area contributed by atoms with E-state index in [-0.39, 0.29) is 16.4 Å². The second kappa shape index (κ2) is 7.21. The van der Waals surface area contributed by atoms with Crippen LogP contribution in [0.5, 0.6) is 5.75 Å². The van der Waals surface area contributed by atoms with Gasteiger partial charge in [-0.3, -0.25) is 4.72 Å². The molecule has 0 atom stereocenters. The fourth-order valence-electron chi connectivity index (χ4n) is 2.86. The quantitative estimate of drug-likeness (QED) is 0.458. The van der Waals surface area contributed by atoms with Crippen molar-refractivity contribution in [2.75, 3.05) is 4.72 Å². The molecule has 3 aromatic carbocycles. The third kappa shape index (κ3) is 3.44. The van der Waals surface area contributed by atoms with Gasteiger partial charge in [-0.25, -0.2) is 8.42 Å². The average Bonchev–Trinajstić information content (AvgIpc) is 3.13. The fraction of sp³-hybridized carbons (Fsp3) is 0.0500. The standard InChI is InChI=1S/C20H16N2O4S2/c1-13-19(12-21-26-13)28(24,25)22-17-11-18(27-14-7-3-2-4-8-14)20(23)16-10-6-5-9-15(16)17/h2-12,22-23H,1H3. The lowest BCUT2D eigenvalue weighted by molar-refractivity contribution is 0.394. The summed E-state index contributed by atoms with van der Waals surface area (Å²) in [5.74, 6) is 0.308. The van der Waals surface area contributed by atoms with Crippen LogP contribution < -0.4 is 4.72 Å². The van der Waals surface area contributed by atoms with Crippen molar-refractivity contribution in [2.24, 2.45) is 0 Å². The molecule has 0 radical (unpaired) electrons. The molecule has 142 valence electrons. The number of nitrogens with one attached hydrogen (secondary N) is 1. The van der Waals surface area contributed by atoms with Crippen molar-refractivity contribution in [3.8, 4) is 5.75 Å². The summed E-state index contributed by atoms with van der Waals surface area (Å²) in [4.78, 5) is 1.45. The molecule has 0 fully saturated rings. The van der Waals surface area contributed by atoms with Gasteiger partial charge in [0.15, 0.2) is 5.76 Å². The molecule has 1 aromatic heterocycles. The molecule has 1 heterocycles. The van der Waals surface area contributed by atoms with Crippen molar-refractivity contribution in [1.82, 2.24) is 5.16 Å². The minimum Gasteiger partial charge on any atom is -0.506 e. The van der Waals surface area contributed by atoms with Gasteiger partial charge < -0.3 is 9.63 Å². The van der Waals surface area contributed by atoms with Crippen molar-refractivity contribution in [2.45, 2.75) is 21.6 Å². The molecule has 0 aliphatic heterocycles. The maximum atomic E-state index is 12.8. The molecule has 0 saturated carbocycles. The number of fused-ring (bicyclic) bond motifs is 1. The van der Waals surface area contributed by atoms with Gasteiger partial charge in [-0.1, -0.05) is 59.4 Å². The minimum atomic E-state index is -3.89. The average molecular weight is 412 g/mol. The van der Waals surface area contributed by atoms with Crippen LogP contribution in [0.2, 0.25) is 0 Å². The summed E-state index contributed by atoms with van der Waals surface area (Å²) in [5.41, 5.74) is 0.368. The number of anilines is 1. The van der Waals surface area contributed by atoms with E-state index in [0.29, 0.717) is 21.4 Å². The normalized spacial score (nSPS) is 11.6. The lowest BCUT2D eigenvalue weighted by Gasteiger charge is -2.14. The van der Waals surface area contributed by atoms with Crippen LogP contribution in [0.1, 0.15) is 5.76 Å². The molecule has 0 saturated heterocycles. The Kier molecular flexibility index (Phi) is 4.74. The van der Waals surface area contributed by atoms with E-state index in [1.807, 2.05) is 30.3 Å². The molecule has 0 unspecified atom stereocenters. The summed E-state index contributed by atoms with van der Waals surface area (Å²) in [7, 11) is -3.89. The van der Waals surface area contributed by atoms with E-state index < -0.39 is 10.0 Å². The first-order chi connectivity index (χ1) is 13.5. The van der Waals surface area contributed by atoms with Crippen LogP contribution in [-0.2, 0) is 10.0 Å². The summed E-state index contributed by atoms with van der Waals surface area (Å²) in [6, 6.07) is 18.3. The molecule has 6 nitrogen and oxygen atoms in total. The Hall–Kier alpha value is -2.97. The zero-order chi connectivity index (χ0) is 19.7. The number of phenolic OH excluding ortho intramolecular Hbond substituents is 1. The number of hydrogen-bond acceptors (Lipinski definition) is 6. The van der Waals surface area contributed by atoms with Crippen molar-refractivity contribution in [3.63, 3.8) is 0 Å². The largest absolute Gasteiger partial charge is 0.506 e. The van der Waals surface area contributed by atoms with E-state index in [4.69, 9.17) is 4.52 Å². The molecule has 0 bridgehead atoms. The van der Waals surface area contributed by atoms with Gasteiger partial charge >= 0.3 is 0 Å². The predicted octanol–water partition coefficient (Wildman–Crippen LogP) is 4.79. The summed E-state index contributed by atoms with van der Waals surface area (Å²) in [6.45, 7) is 1.53. The van der Waals surface area contributed by atoms with E-state index >= 15 is 0 Å². The predicted molar refractivity (Wildman–Crippen MR) is 108 cm³/mol. The molecule has 0 aliphatic carbocycles. The summed E-state index contributed by atoms with van der Waals surface area (Å²) >= 11 is 1.35.